The molecule has 0 spiro atoms. The molecule has 0 aliphatic heterocycles. The molecule has 1 aromatic carbocycles. The summed E-state index contributed by atoms with van der Waals surface area (Å²) in [5, 5.41) is 0. The summed E-state index contributed by atoms with van der Waals surface area (Å²) in [6.45, 7) is 0. The number of carbonyl (C=O) groups is 1. The number of nitrogens with one attached hydrogen (secondary N) is 1. The summed E-state index contributed by atoms with van der Waals surface area (Å²) in [6, 6.07) is 5.08. The van der Waals surface area contributed by atoms with E-state index in [1.807, 2.05) is 0 Å². The summed E-state index contributed by atoms with van der Waals surface area (Å²) in [7, 11) is 1.32. The van der Waals surface area contributed by atoms with Crippen molar-refractivity contribution >= 4 is 23.3 Å². The van der Waals surface area contributed by atoms with Crippen LogP contribution in [0, 0.1) is 0 Å². The molecule has 1 rings (SSSR count). The maximum atomic E-state index is 11.2. The lowest BCUT2D eigenvalue weighted by atomic mass is 10.1. The van der Waals surface area contributed by atoms with E-state index in [2.05, 4.69) is 10.2 Å². The molecule has 0 bridgehead atoms. The second kappa shape index (κ2) is 4.83. The smallest absolute Gasteiger partial charge is 0.340 e. The predicted molar refractivity (Wildman–Crippen MR) is 55.1 cm³/mol. The maximum Gasteiger partial charge on any atom is 0.340 e. The van der Waals surface area contributed by atoms with Gasteiger partial charge in [0.05, 0.1) is 18.4 Å². The average molecular weight is 215 g/mol. The molecule has 1 aromatic rings. The van der Waals surface area contributed by atoms with Gasteiger partial charge in [-0.25, -0.2) is 4.79 Å². The number of anilines is 1. The summed E-state index contributed by atoms with van der Waals surface area (Å²) < 4.78 is 4.58. The summed E-state index contributed by atoms with van der Waals surface area (Å²) >= 11 is 5.64. The molecule has 0 atom stereocenters. The van der Waals surface area contributed by atoms with Crippen molar-refractivity contribution in [2.75, 3.05) is 12.5 Å². The second-order valence-corrected chi connectivity index (χ2v) is 2.92. The molecule has 0 saturated heterocycles. The zero-order valence-electron chi connectivity index (χ0n) is 7.71. The Morgan fingerprint density at radius 2 is 2.36 bits per heavy atom. The van der Waals surface area contributed by atoms with Gasteiger partial charge in [-0.2, -0.15) is 0 Å². The number of carbonyl (C=O) groups excluding carboxylic acids is 1. The summed E-state index contributed by atoms with van der Waals surface area (Å²) in [6.07, 6.45) is 0. The van der Waals surface area contributed by atoms with Crippen molar-refractivity contribution in [3.05, 3.63) is 29.3 Å². The third-order valence-corrected chi connectivity index (χ3v) is 2.11. The summed E-state index contributed by atoms with van der Waals surface area (Å²) in [4.78, 5) is 11.2. The molecule has 0 aliphatic rings. The van der Waals surface area contributed by atoms with Gasteiger partial charge in [0.15, 0.2) is 0 Å². The van der Waals surface area contributed by atoms with E-state index in [1.54, 1.807) is 18.2 Å². The van der Waals surface area contributed by atoms with Gasteiger partial charge in [-0.3, -0.25) is 5.84 Å². The minimum absolute atomic E-state index is 0.371. The number of rotatable bonds is 3. The van der Waals surface area contributed by atoms with Gasteiger partial charge >= 0.3 is 5.97 Å². The van der Waals surface area contributed by atoms with E-state index in [1.165, 1.54) is 7.11 Å². The van der Waals surface area contributed by atoms with Crippen molar-refractivity contribution < 1.29 is 9.53 Å². The Balaban J connectivity index is 3.11. The molecule has 4 nitrogen and oxygen atoms in total. The Labute approximate surface area is 87.0 Å². The first-order valence-corrected chi connectivity index (χ1v) is 4.50. The first-order valence-electron chi connectivity index (χ1n) is 3.96. The van der Waals surface area contributed by atoms with Crippen molar-refractivity contribution in [3.63, 3.8) is 0 Å². The lowest BCUT2D eigenvalue weighted by Crippen LogP contribution is -2.13. The van der Waals surface area contributed by atoms with Crippen molar-refractivity contribution in [3.8, 4) is 0 Å². The standard InChI is InChI=1S/C9H11ClN2O2/c1-14-9(13)7-3-2-6(5-10)4-8(7)12-11/h2-4,12H,5,11H2,1H3. The average Bonchev–Trinajstić information content (AvgIpc) is 2.27. The van der Waals surface area contributed by atoms with Gasteiger partial charge in [-0.15, -0.1) is 11.6 Å². The first kappa shape index (κ1) is 10.8. The van der Waals surface area contributed by atoms with E-state index < -0.39 is 5.97 Å². The van der Waals surface area contributed by atoms with Crippen LogP contribution >= 0.6 is 11.6 Å². The fraction of sp³-hybridized carbons (Fsp3) is 0.222. The van der Waals surface area contributed by atoms with E-state index in [0.29, 0.717) is 17.1 Å². The van der Waals surface area contributed by atoms with Crippen molar-refractivity contribution in [2.45, 2.75) is 5.88 Å². The molecule has 0 radical (unpaired) electrons. The van der Waals surface area contributed by atoms with Crippen LogP contribution in [0.5, 0.6) is 0 Å². The monoisotopic (exact) mass is 214 g/mol. The fourth-order valence-corrected chi connectivity index (χ4v) is 1.25. The summed E-state index contributed by atoms with van der Waals surface area (Å²) in [5.74, 6) is 5.21. The number of ether oxygens (including phenoxy) is 1. The SMILES string of the molecule is COC(=O)c1ccc(CCl)cc1NN. The van der Waals surface area contributed by atoms with Gasteiger partial charge in [0.1, 0.15) is 0 Å². The van der Waals surface area contributed by atoms with Gasteiger partial charge in [-0.05, 0) is 17.7 Å². The number of benzene rings is 1. The van der Waals surface area contributed by atoms with E-state index in [0.717, 1.165) is 5.56 Å². The third-order valence-electron chi connectivity index (χ3n) is 1.80. The molecule has 76 valence electrons. The van der Waals surface area contributed by atoms with Crippen LogP contribution in [0.2, 0.25) is 0 Å². The number of nitrogens with two attached hydrogens (primary N) is 1. The number of hydrogen-bond acceptors (Lipinski definition) is 4. The number of halogens is 1. The van der Waals surface area contributed by atoms with Gasteiger partial charge < -0.3 is 10.2 Å². The highest BCUT2D eigenvalue weighted by Crippen LogP contribution is 2.18. The minimum Gasteiger partial charge on any atom is -0.465 e. The van der Waals surface area contributed by atoms with E-state index in [9.17, 15) is 4.79 Å². The highest BCUT2D eigenvalue weighted by atomic mass is 35.5. The zero-order valence-corrected chi connectivity index (χ0v) is 8.47. The molecule has 0 saturated carbocycles. The van der Waals surface area contributed by atoms with Crippen molar-refractivity contribution in [1.29, 1.82) is 0 Å². The Hall–Kier alpha value is -1.26. The van der Waals surface area contributed by atoms with Gasteiger partial charge in [0, 0.05) is 5.88 Å². The molecule has 14 heavy (non-hydrogen) atoms. The van der Waals surface area contributed by atoms with Crippen LogP contribution in [0.4, 0.5) is 5.69 Å². The van der Waals surface area contributed by atoms with Crippen LogP contribution in [-0.2, 0) is 10.6 Å². The highest BCUT2D eigenvalue weighted by molar-refractivity contribution is 6.17. The number of hydrazine groups is 1. The molecule has 5 heteroatoms. The quantitative estimate of drug-likeness (QED) is 0.346. The maximum absolute atomic E-state index is 11.2. The molecule has 0 amide bonds. The molecule has 0 aromatic heterocycles. The molecule has 0 unspecified atom stereocenters. The van der Waals surface area contributed by atoms with E-state index in [-0.39, 0.29) is 0 Å². The number of nitrogen functional groups attached to an aromatic ring is 1. The Morgan fingerprint density at radius 3 is 2.86 bits per heavy atom. The van der Waals surface area contributed by atoms with Crippen LogP contribution in [0.25, 0.3) is 0 Å². The topological polar surface area (TPSA) is 64.3 Å². The molecule has 0 aliphatic carbocycles. The molecular weight excluding hydrogens is 204 g/mol. The van der Waals surface area contributed by atoms with Crippen LogP contribution < -0.4 is 11.3 Å². The van der Waals surface area contributed by atoms with Crippen LogP contribution in [0.3, 0.4) is 0 Å². The van der Waals surface area contributed by atoms with Gasteiger partial charge in [-0.1, -0.05) is 6.07 Å². The number of alkyl halides is 1. The molecule has 3 N–H and O–H groups in total. The van der Waals surface area contributed by atoms with Crippen LogP contribution in [0.1, 0.15) is 15.9 Å². The van der Waals surface area contributed by atoms with Crippen LogP contribution in [-0.4, -0.2) is 13.1 Å². The van der Waals surface area contributed by atoms with Gasteiger partial charge in [0.2, 0.25) is 0 Å². The van der Waals surface area contributed by atoms with Crippen molar-refractivity contribution in [1.82, 2.24) is 0 Å². The number of esters is 1. The lowest BCUT2D eigenvalue weighted by molar-refractivity contribution is 0.0602. The van der Waals surface area contributed by atoms with Gasteiger partial charge in [0.25, 0.3) is 0 Å². The van der Waals surface area contributed by atoms with E-state index in [4.69, 9.17) is 17.4 Å². The third kappa shape index (κ3) is 2.16. The van der Waals surface area contributed by atoms with E-state index >= 15 is 0 Å². The minimum atomic E-state index is -0.431. The second-order valence-electron chi connectivity index (χ2n) is 2.65. The molecule has 0 heterocycles. The number of methoxy groups -OCH3 is 1. The predicted octanol–water partition coefficient (Wildman–Crippen LogP) is 1.50. The molecule has 0 fully saturated rings. The Bertz CT molecular complexity index is 342. The molecular formula is C9H11ClN2O2. The first-order chi connectivity index (χ1) is 6.72. The zero-order chi connectivity index (χ0) is 10.6. The summed E-state index contributed by atoms with van der Waals surface area (Å²) in [5.41, 5.74) is 4.21. The fourth-order valence-electron chi connectivity index (χ4n) is 1.08. The Kier molecular flexibility index (Phi) is 3.73. The van der Waals surface area contributed by atoms with Crippen LogP contribution in [0.15, 0.2) is 18.2 Å². The Morgan fingerprint density at radius 1 is 1.64 bits per heavy atom. The number of hydrogen-bond donors (Lipinski definition) is 2. The largest absolute Gasteiger partial charge is 0.465 e. The normalized spacial score (nSPS) is 9.64. The van der Waals surface area contributed by atoms with Crippen molar-refractivity contribution in [2.24, 2.45) is 5.84 Å². The lowest BCUT2D eigenvalue weighted by Gasteiger charge is -2.08. The highest BCUT2D eigenvalue weighted by Gasteiger charge is 2.11.